The van der Waals surface area contributed by atoms with Crippen LogP contribution in [0.4, 0.5) is 0 Å². The lowest BCUT2D eigenvalue weighted by Gasteiger charge is -2.10. The fourth-order valence-corrected chi connectivity index (χ4v) is 1.91. The molecule has 0 spiro atoms. The molecule has 2 rings (SSSR count). The summed E-state index contributed by atoms with van der Waals surface area (Å²) < 4.78 is 4.93. The first kappa shape index (κ1) is 13.3. The Hall–Kier alpha value is -2.13. The van der Waals surface area contributed by atoms with Crippen molar-refractivity contribution in [1.82, 2.24) is 5.32 Å². The maximum absolute atomic E-state index is 12.1. The minimum Gasteiger partial charge on any atom is -0.383 e. The molecule has 0 aliphatic carbocycles. The zero-order valence-corrected chi connectivity index (χ0v) is 10.9. The lowest BCUT2D eigenvalue weighted by atomic mass is 9.99. The molecule has 0 unspecified atom stereocenters. The minimum atomic E-state index is -0.0727. The summed E-state index contributed by atoms with van der Waals surface area (Å²) >= 11 is 0. The molecule has 0 aromatic heterocycles. The molecule has 0 heterocycles. The number of rotatable bonds is 5. The zero-order chi connectivity index (χ0) is 13.5. The van der Waals surface area contributed by atoms with Crippen molar-refractivity contribution in [3.8, 4) is 11.1 Å². The standard InChI is InChI=1S/C16H17NO2/c1-19-12-11-17-16(18)15-10-6-5-9-14(15)13-7-3-2-4-8-13/h2-10H,11-12H2,1H3,(H,17,18). The van der Waals surface area contributed by atoms with Gasteiger partial charge in [0.1, 0.15) is 0 Å². The van der Waals surface area contributed by atoms with Crippen molar-refractivity contribution in [3.63, 3.8) is 0 Å². The number of nitrogens with one attached hydrogen (secondary N) is 1. The highest BCUT2D eigenvalue weighted by Crippen LogP contribution is 2.23. The van der Waals surface area contributed by atoms with E-state index in [0.29, 0.717) is 18.7 Å². The summed E-state index contributed by atoms with van der Waals surface area (Å²) in [5.41, 5.74) is 2.67. The number of ether oxygens (including phenoxy) is 1. The van der Waals surface area contributed by atoms with Gasteiger partial charge in [0.15, 0.2) is 0 Å². The van der Waals surface area contributed by atoms with E-state index < -0.39 is 0 Å². The average Bonchev–Trinajstić information content (AvgIpc) is 2.48. The van der Waals surface area contributed by atoms with Crippen molar-refractivity contribution in [3.05, 3.63) is 60.2 Å². The summed E-state index contributed by atoms with van der Waals surface area (Å²) in [6, 6.07) is 17.5. The van der Waals surface area contributed by atoms with Gasteiger partial charge in [0.05, 0.1) is 6.61 Å². The maximum Gasteiger partial charge on any atom is 0.251 e. The second kappa shape index (κ2) is 6.71. The second-order valence-corrected chi connectivity index (χ2v) is 4.16. The van der Waals surface area contributed by atoms with Crippen molar-refractivity contribution in [1.29, 1.82) is 0 Å². The van der Waals surface area contributed by atoms with Crippen LogP contribution >= 0.6 is 0 Å². The van der Waals surface area contributed by atoms with E-state index in [2.05, 4.69) is 5.32 Å². The summed E-state index contributed by atoms with van der Waals surface area (Å²) in [5.74, 6) is -0.0727. The Bertz CT molecular complexity index is 537. The third-order valence-corrected chi connectivity index (χ3v) is 2.85. The van der Waals surface area contributed by atoms with Gasteiger partial charge in [0.2, 0.25) is 0 Å². The lowest BCUT2D eigenvalue weighted by molar-refractivity contribution is 0.0938. The largest absolute Gasteiger partial charge is 0.383 e. The summed E-state index contributed by atoms with van der Waals surface area (Å²) in [6.45, 7) is 1.03. The number of carbonyl (C=O) groups excluding carboxylic acids is 1. The van der Waals surface area contributed by atoms with Gasteiger partial charge in [-0.25, -0.2) is 0 Å². The molecule has 0 radical (unpaired) electrons. The van der Waals surface area contributed by atoms with Crippen LogP contribution in [0.2, 0.25) is 0 Å². The van der Waals surface area contributed by atoms with Gasteiger partial charge >= 0.3 is 0 Å². The normalized spacial score (nSPS) is 10.2. The summed E-state index contributed by atoms with van der Waals surface area (Å²) in [5, 5.41) is 2.85. The van der Waals surface area contributed by atoms with E-state index in [9.17, 15) is 4.79 Å². The van der Waals surface area contributed by atoms with Crippen LogP contribution in [0, 0.1) is 0 Å². The van der Waals surface area contributed by atoms with E-state index in [1.807, 2.05) is 54.6 Å². The Morgan fingerprint density at radius 2 is 1.74 bits per heavy atom. The fourth-order valence-electron chi connectivity index (χ4n) is 1.91. The van der Waals surface area contributed by atoms with Gasteiger partial charge in [-0.3, -0.25) is 4.79 Å². The minimum absolute atomic E-state index is 0.0727. The molecule has 0 aliphatic rings. The van der Waals surface area contributed by atoms with Crippen molar-refractivity contribution in [2.24, 2.45) is 0 Å². The highest BCUT2D eigenvalue weighted by atomic mass is 16.5. The van der Waals surface area contributed by atoms with Crippen LogP contribution < -0.4 is 5.32 Å². The van der Waals surface area contributed by atoms with E-state index in [1.54, 1.807) is 7.11 Å². The van der Waals surface area contributed by atoms with E-state index in [1.165, 1.54) is 0 Å². The Balaban J connectivity index is 2.24. The molecule has 1 N–H and O–H groups in total. The Morgan fingerprint density at radius 3 is 2.47 bits per heavy atom. The lowest BCUT2D eigenvalue weighted by Crippen LogP contribution is -2.27. The third kappa shape index (κ3) is 3.42. The number of amides is 1. The molecule has 19 heavy (non-hydrogen) atoms. The fraction of sp³-hybridized carbons (Fsp3) is 0.188. The molecule has 0 aliphatic heterocycles. The molecule has 98 valence electrons. The maximum atomic E-state index is 12.1. The van der Waals surface area contributed by atoms with Gasteiger partial charge in [-0.05, 0) is 17.2 Å². The second-order valence-electron chi connectivity index (χ2n) is 4.16. The van der Waals surface area contributed by atoms with Crippen molar-refractivity contribution in [2.45, 2.75) is 0 Å². The summed E-state index contributed by atoms with van der Waals surface area (Å²) in [7, 11) is 1.62. The molecular weight excluding hydrogens is 238 g/mol. The predicted octanol–water partition coefficient (Wildman–Crippen LogP) is 2.73. The van der Waals surface area contributed by atoms with E-state index >= 15 is 0 Å². The molecule has 2 aromatic rings. The summed E-state index contributed by atoms with van der Waals surface area (Å²) in [4.78, 5) is 12.1. The number of hydrogen-bond donors (Lipinski definition) is 1. The first-order valence-corrected chi connectivity index (χ1v) is 6.24. The van der Waals surface area contributed by atoms with Crippen LogP contribution in [0.1, 0.15) is 10.4 Å². The molecule has 0 saturated heterocycles. The number of carbonyl (C=O) groups is 1. The molecule has 3 nitrogen and oxygen atoms in total. The Kier molecular flexibility index (Phi) is 4.70. The first-order valence-electron chi connectivity index (χ1n) is 6.24. The van der Waals surface area contributed by atoms with E-state index in [4.69, 9.17) is 4.74 Å². The average molecular weight is 255 g/mol. The van der Waals surface area contributed by atoms with Crippen molar-refractivity contribution >= 4 is 5.91 Å². The van der Waals surface area contributed by atoms with Crippen LogP contribution in [0.25, 0.3) is 11.1 Å². The van der Waals surface area contributed by atoms with Gasteiger partial charge in [-0.15, -0.1) is 0 Å². The molecular formula is C16H17NO2. The van der Waals surface area contributed by atoms with E-state index in [0.717, 1.165) is 11.1 Å². The Labute approximate surface area is 113 Å². The summed E-state index contributed by atoms with van der Waals surface area (Å²) in [6.07, 6.45) is 0. The highest BCUT2D eigenvalue weighted by molar-refractivity contribution is 6.00. The van der Waals surface area contributed by atoms with Gasteiger partial charge in [0, 0.05) is 19.2 Å². The topological polar surface area (TPSA) is 38.3 Å². The molecule has 0 saturated carbocycles. The number of methoxy groups -OCH3 is 1. The monoisotopic (exact) mass is 255 g/mol. The van der Waals surface area contributed by atoms with Gasteiger partial charge < -0.3 is 10.1 Å². The molecule has 0 fully saturated rings. The molecule has 0 atom stereocenters. The Morgan fingerprint density at radius 1 is 1.05 bits per heavy atom. The van der Waals surface area contributed by atoms with Crippen LogP contribution in [0.15, 0.2) is 54.6 Å². The first-order chi connectivity index (χ1) is 9.33. The number of benzene rings is 2. The molecule has 2 aromatic carbocycles. The van der Waals surface area contributed by atoms with Crippen LogP contribution in [0.5, 0.6) is 0 Å². The predicted molar refractivity (Wildman–Crippen MR) is 76.1 cm³/mol. The quantitative estimate of drug-likeness (QED) is 0.834. The zero-order valence-electron chi connectivity index (χ0n) is 10.9. The SMILES string of the molecule is COCCNC(=O)c1ccccc1-c1ccccc1. The van der Waals surface area contributed by atoms with Gasteiger partial charge in [0.25, 0.3) is 5.91 Å². The number of hydrogen-bond acceptors (Lipinski definition) is 2. The smallest absolute Gasteiger partial charge is 0.251 e. The molecule has 0 bridgehead atoms. The van der Waals surface area contributed by atoms with Crippen molar-refractivity contribution < 1.29 is 9.53 Å². The van der Waals surface area contributed by atoms with Crippen molar-refractivity contribution in [2.75, 3.05) is 20.3 Å². The molecule has 3 heteroatoms. The van der Waals surface area contributed by atoms with Crippen LogP contribution in [0.3, 0.4) is 0 Å². The third-order valence-electron chi connectivity index (χ3n) is 2.85. The highest BCUT2D eigenvalue weighted by Gasteiger charge is 2.11. The van der Waals surface area contributed by atoms with Gasteiger partial charge in [-0.2, -0.15) is 0 Å². The molecule has 1 amide bonds. The van der Waals surface area contributed by atoms with Gasteiger partial charge in [-0.1, -0.05) is 48.5 Å². The van der Waals surface area contributed by atoms with Crippen LogP contribution in [-0.4, -0.2) is 26.2 Å². The van der Waals surface area contributed by atoms with Crippen LogP contribution in [-0.2, 0) is 4.74 Å². The van der Waals surface area contributed by atoms with E-state index in [-0.39, 0.29) is 5.91 Å².